The van der Waals surface area contributed by atoms with Gasteiger partial charge in [-0.3, -0.25) is 4.79 Å². The fraction of sp³-hybridized carbons (Fsp3) is 0.714. The van der Waals surface area contributed by atoms with E-state index in [-0.39, 0.29) is 24.0 Å². The van der Waals surface area contributed by atoms with Crippen LogP contribution in [0.1, 0.15) is 41.0 Å². The Hall–Kier alpha value is -1.52. The summed E-state index contributed by atoms with van der Waals surface area (Å²) in [6.07, 6.45) is 1.63. The number of hydrogen-bond donors (Lipinski definition) is 1. The van der Waals surface area contributed by atoms with Gasteiger partial charge in [-0.15, -0.1) is 6.58 Å². The Bertz CT molecular complexity index is 334. The third-order valence-corrected chi connectivity index (χ3v) is 2.94. The molecule has 0 aromatic rings. The van der Waals surface area contributed by atoms with Crippen LogP contribution < -0.4 is 0 Å². The minimum atomic E-state index is -0.898. The molecule has 110 valence electrons. The second-order valence-corrected chi connectivity index (χ2v) is 5.59. The molecule has 0 aromatic carbocycles. The average molecular weight is 270 g/mol. The second kappa shape index (κ2) is 7.16. The molecular formula is C14H26N2O3. The normalized spacial score (nSPS) is 12.7. The molecule has 0 rings (SSSR count). The van der Waals surface area contributed by atoms with Gasteiger partial charge in [-0.2, -0.15) is 0 Å². The Labute approximate surface area is 115 Å². The first-order valence-corrected chi connectivity index (χ1v) is 6.56. The number of carboxylic acid groups (broad SMARTS) is 1. The van der Waals surface area contributed by atoms with Crippen LogP contribution in [0.5, 0.6) is 0 Å². The van der Waals surface area contributed by atoms with Gasteiger partial charge in [-0.1, -0.05) is 6.08 Å². The number of carbonyl (C=O) groups is 2. The number of nitrogens with zero attached hydrogens (tertiary/aromatic N) is 2. The molecule has 5 heteroatoms. The maximum Gasteiger partial charge on any atom is 0.320 e. The Morgan fingerprint density at radius 1 is 1.37 bits per heavy atom. The van der Waals surface area contributed by atoms with Crippen LogP contribution >= 0.6 is 0 Å². The van der Waals surface area contributed by atoms with Gasteiger partial charge in [-0.25, -0.2) is 4.79 Å². The molecule has 0 bridgehead atoms. The summed E-state index contributed by atoms with van der Waals surface area (Å²) in [7, 11) is 0. The highest BCUT2D eigenvalue weighted by Crippen LogP contribution is 2.18. The zero-order valence-electron chi connectivity index (χ0n) is 12.6. The van der Waals surface area contributed by atoms with Crippen molar-refractivity contribution in [3.05, 3.63) is 12.7 Å². The summed E-state index contributed by atoms with van der Waals surface area (Å²) < 4.78 is 0. The van der Waals surface area contributed by atoms with Gasteiger partial charge in [-0.05, 0) is 34.6 Å². The van der Waals surface area contributed by atoms with E-state index in [0.29, 0.717) is 13.1 Å². The van der Waals surface area contributed by atoms with Crippen molar-refractivity contribution in [1.82, 2.24) is 9.80 Å². The van der Waals surface area contributed by atoms with E-state index < -0.39 is 5.97 Å². The van der Waals surface area contributed by atoms with Crippen LogP contribution in [0.2, 0.25) is 0 Å². The fourth-order valence-electron chi connectivity index (χ4n) is 1.92. The largest absolute Gasteiger partial charge is 0.481 e. The summed E-state index contributed by atoms with van der Waals surface area (Å²) in [6.45, 7) is 14.0. The lowest BCUT2D eigenvalue weighted by molar-refractivity contribution is -0.138. The second-order valence-electron chi connectivity index (χ2n) is 5.59. The van der Waals surface area contributed by atoms with Crippen molar-refractivity contribution in [2.24, 2.45) is 0 Å². The van der Waals surface area contributed by atoms with Crippen molar-refractivity contribution in [2.45, 2.75) is 52.6 Å². The molecule has 0 aliphatic rings. The SMILES string of the molecule is C=CCN(C(=O)N(CC)C(C)CC(=O)O)C(C)(C)C. The lowest BCUT2D eigenvalue weighted by atomic mass is 10.1. The van der Waals surface area contributed by atoms with E-state index in [1.54, 1.807) is 22.8 Å². The lowest BCUT2D eigenvalue weighted by Gasteiger charge is -2.40. The van der Waals surface area contributed by atoms with Gasteiger partial charge in [0.2, 0.25) is 0 Å². The van der Waals surface area contributed by atoms with E-state index in [9.17, 15) is 9.59 Å². The quantitative estimate of drug-likeness (QED) is 0.755. The van der Waals surface area contributed by atoms with Gasteiger partial charge in [0.05, 0.1) is 6.42 Å². The summed E-state index contributed by atoms with van der Waals surface area (Å²) in [6, 6.07) is -0.478. The van der Waals surface area contributed by atoms with Crippen molar-refractivity contribution >= 4 is 12.0 Å². The topological polar surface area (TPSA) is 60.9 Å². The van der Waals surface area contributed by atoms with Crippen molar-refractivity contribution < 1.29 is 14.7 Å². The standard InChI is InChI=1S/C14H26N2O3/c1-7-9-16(14(4,5)6)13(19)15(8-2)11(3)10-12(17)18/h7,11H,1,8-10H2,2-6H3,(H,17,18). The van der Waals surface area contributed by atoms with Gasteiger partial charge < -0.3 is 14.9 Å². The fourth-order valence-corrected chi connectivity index (χ4v) is 1.92. The molecule has 5 nitrogen and oxygen atoms in total. The van der Waals surface area contributed by atoms with Gasteiger partial charge in [0.15, 0.2) is 0 Å². The summed E-state index contributed by atoms with van der Waals surface area (Å²) in [5.41, 5.74) is -0.332. The average Bonchev–Trinajstić information content (AvgIpc) is 2.23. The molecule has 19 heavy (non-hydrogen) atoms. The molecule has 1 N–H and O–H groups in total. The number of hydrogen-bond acceptors (Lipinski definition) is 2. The van der Waals surface area contributed by atoms with Crippen LogP contribution in [0.3, 0.4) is 0 Å². The number of carboxylic acids is 1. The summed E-state index contributed by atoms with van der Waals surface area (Å²) in [5.74, 6) is -0.898. The zero-order chi connectivity index (χ0) is 15.2. The minimum Gasteiger partial charge on any atom is -0.481 e. The number of amides is 2. The lowest BCUT2D eigenvalue weighted by Crippen LogP contribution is -2.54. The first-order chi connectivity index (χ1) is 8.65. The van der Waals surface area contributed by atoms with Gasteiger partial charge in [0, 0.05) is 24.7 Å². The van der Waals surface area contributed by atoms with Crippen LogP contribution in [-0.2, 0) is 4.79 Å². The Morgan fingerprint density at radius 3 is 2.21 bits per heavy atom. The molecule has 0 spiro atoms. The molecule has 0 aromatic heterocycles. The maximum absolute atomic E-state index is 12.5. The van der Waals surface area contributed by atoms with Crippen LogP contribution in [0.25, 0.3) is 0 Å². The summed E-state index contributed by atoms with van der Waals surface area (Å²) in [4.78, 5) is 26.6. The van der Waals surface area contributed by atoms with Gasteiger partial charge in [0.25, 0.3) is 0 Å². The molecule has 0 aliphatic heterocycles. The maximum atomic E-state index is 12.5. The number of aliphatic carboxylic acids is 1. The van der Waals surface area contributed by atoms with E-state index in [2.05, 4.69) is 6.58 Å². The van der Waals surface area contributed by atoms with E-state index in [1.165, 1.54) is 0 Å². The molecule has 1 unspecified atom stereocenters. The van der Waals surface area contributed by atoms with Crippen LogP contribution in [0.15, 0.2) is 12.7 Å². The van der Waals surface area contributed by atoms with E-state index in [1.807, 2.05) is 27.7 Å². The predicted octanol–water partition coefficient (Wildman–Crippen LogP) is 2.58. The highest BCUT2D eigenvalue weighted by Gasteiger charge is 2.31. The van der Waals surface area contributed by atoms with Crippen molar-refractivity contribution in [2.75, 3.05) is 13.1 Å². The number of rotatable bonds is 6. The highest BCUT2D eigenvalue weighted by atomic mass is 16.4. The smallest absolute Gasteiger partial charge is 0.320 e. The molecule has 0 fully saturated rings. The molecule has 0 aliphatic carbocycles. The van der Waals surface area contributed by atoms with Crippen molar-refractivity contribution in [3.63, 3.8) is 0 Å². The zero-order valence-corrected chi connectivity index (χ0v) is 12.6. The first kappa shape index (κ1) is 17.5. The number of carbonyl (C=O) groups excluding carboxylic acids is 1. The minimum absolute atomic E-state index is 0.0499. The van der Waals surface area contributed by atoms with Gasteiger partial charge >= 0.3 is 12.0 Å². The molecule has 1 atom stereocenters. The third kappa shape index (κ3) is 5.32. The van der Waals surface area contributed by atoms with E-state index >= 15 is 0 Å². The number of urea groups is 1. The monoisotopic (exact) mass is 270 g/mol. The Morgan fingerprint density at radius 2 is 1.89 bits per heavy atom. The van der Waals surface area contributed by atoms with Crippen molar-refractivity contribution in [1.29, 1.82) is 0 Å². The molecular weight excluding hydrogens is 244 g/mol. The molecule has 0 radical (unpaired) electrons. The first-order valence-electron chi connectivity index (χ1n) is 6.56. The van der Waals surface area contributed by atoms with Crippen LogP contribution in [0, 0.1) is 0 Å². The predicted molar refractivity (Wildman–Crippen MR) is 76.1 cm³/mol. The summed E-state index contributed by atoms with van der Waals surface area (Å²) in [5, 5.41) is 8.84. The molecule has 0 saturated carbocycles. The van der Waals surface area contributed by atoms with Crippen molar-refractivity contribution in [3.8, 4) is 0 Å². The summed E-state index contributed by atoms with van der Waals surface area (Å²) >= 11 is 0. The van der Waals surface area contributed by atoms with E-state index in [4.69, 9.17) is 5.11 Å². The van der Waals surface area contributed by atoms with Crippen LogP contribution in [-0.4, -0.2) is 51.6 Å². The van der Waals surface area contributed by atoms with E-state index in [0.717, 1.165) is 0 Å². The third-order valence-electron chi connectivity index (χ3n) is 2.94. The molecule has 0 saturated heterocycles. The highest BCUT2D eigenvalue weighted by molar-refractivity contribution is 5.77. The van der Waals surface area contributed by atoms with Crippen LogP contribution in [0.4, 0.5) is 4.79 Å². The Balaban J connectivity index is 5.07. The molecule has 0 heterocycles. The van der Waals surface area contributed by atoms with Gasteiger partial charge in [0.1, 0.15) is 0 Å². The molecule has 2 amide bonds. The Kier molecular flexibility index (Phi) is 6.59.